The van der Waals surface area contributed by atoms with Crippen LogP contribution in [0.15, 0.2) is 47.6 Å². The van der Waals surface area contributed by atoms with E-state index in [9.17, 15) is 31.2 Å². The van der Waals surface area contributed by atoms with Crippen molar-refractivity contribution in [2.24, 2.45) is 0 Å². The Morgan fingerprint density at radius 2 is 1.77 bits per heavy atom. The van der Waals surface area contributed by atoms with Gasteiger partial charge in [0.1, 0.15) is 6.54 Å². The predicted molar refractivity (Wildman–Crippen MR) is 106 cm³/mol. The zero-order valence-electron chi connectivity index (χ0n) is 16.5. The number of amides is 3. The Balaban J connectivity index is 1.82. The Labute approximate surface area is 176 Å². The third kappa shape index (κ3) is 4.48. The number of hydrogen-bond acceptors (Lipinski definition) is 6. The van der Waals surface area contributed by atoms with Gasteiger partial charge in [-0.1, -0.05) is 0 Å². The Kier molecular flexibility index (Phi) is 5.94. The van der Waals surface area contributed by atoms with E-state index in [1.165, 1.54) is 4.90 Å². The molecule has 3 amide bonds. The number of halogens is 3. The quantitative estimate of drug-likeness (QED) is 0.671. The average molecular weight is 456 g/mol. The lowest BCUT2D eigenvalue weighted by atomic mass is 10.2. The number of carbonyl (C=O) groups is 2. The molecule has 0 unspecified atom stereocenters. The molecule has 1 aromatic heterocycles. The van der Waals surface area contributed by atoms with Gasteiger partial charge in [-0.3, -0.25) is 9.78 Å². The van der Waals surface area contributed by atoms with Crippen LogP contribution in [0.25, 0.3) is 0 Å². The maximum absolute atomic E-state index is 12.8. The van der Waals surface area contributed by atoms with Gasteiger partial charge < -0.3 is 10.2 Å². The third-order valence-corrected chi connectivity index (χ3v) is 5.97. The number of alkyl halides is 3. The topological polar surface area (TPSA) is 99.7 Å². The number of nitrogens with zero attached hydrogens (tertiary/aromatic N) is 3. The van der Waals surface area contributed by atoms with E-state index in [1.807, 2.05) is 13.8 Å². The zero-order chi connectivity index (χ0) is 23.0. The van der Waals surface area contributed by atoms with Gasteiger partial charge in [0.05, 0.1) is 29.0 Å². The van der Waals surface area contributed by atoms with Gasteiger partial charge in [-0.15, -0.1) is 0 Å². The van der Waals surface area contributed by atoms with Gasteiger partial charge in [0.2, 0.25) is 0 Å². The molecule has 2 aromatic rings. The van der Waals surface area contributed by atoms with Crippen molar-refractivity contribution in [1.82, 2.24) is 9.88 Å². The number of anilines is 2. The number of sulfone groups is 1. The standard InChI is InChI=1S/C19H19F3N4O4S/c1-12(2)24-16-9-23-8-7-13(16)10-25-11-17(27)26(18(25)28)14-3-5-15(6-4-14)31(29,30)19(20,21)22/h3-9,12,24H,10-11H2,1-2H3. The Morgan fingerprint density at radius 1 is 1.13 bits per heavy atom. The van der Waals surface area contributed by atoms with Crippen LogP contribution < -0.4 is 10.2 Å². The number of benzene rings is 1. The SMILES string of the molecule is CC(C)Nc1cnccc1CN1CC(=O)N(c2ccc(S(=O)(=O)C(F)(F)F)cc2)C1=O. The first-order chi connectivity index (χ1) is 14.4. The Hall–Kier alpha value is -3.15. The molecule has 3 rings (SSSR count). The van der Waals surface area contributed by atoms with Crippen LogP contribution in [-0.2, 0) is 21.2 Å². The summed E-state index contributed by atoms with van der Waals surface area (Å²) >= 11 is 0. The minimum atomic E-state index is -5.52. The van der Waals surface area contributed by atoms with E-state index in [1.54, 1.807) is 18.5 Å². The summed E-state index contributed by atoms with van der Waals surface area (Å²) in [5.41, 5.74) is -4.03. The summed E-state index contributed by atoms with van der Waals surface area (Å²) in [4.78, 5) is 30.4. The second-order valence-corrected chi connectivity index (χ2v) is 9.08. The molecule has 1 N–H and O–H groups in total. The highest BCUT2D eigenvalue weighted by molar-refractivity contribution is 7.92. The normalized spacial score (nSPS) is 15.2. The number of rotatable bonds is 6. The van der Waals surface area contributed by atoms with E-state index in [0.717, 1.165) is 34.7 Å². The Bertz CT molecular complexity index is 1100. The maximum atomic E-state index is 12.8. The first kappa shape index (κ1) is 22.5. The van der Waals surface area contributed by atoms with Crippen LogP contribution in [0.1, 0.15) is 19.4 Å². The van der Waals surface area contributed by atoms with Gasteiger partial charge in [-0.05, 0) is 49.7 Å². The molecule has 166 valence electrons. The molecule has 1 aliphatic heterocycles. The minimum absolute atomic E-state index is 0.0196. The van der Waals surface area contributed by atoms with Crippen molar-refractivity contribution in [1.29, 1.82) is 0 Å². The van der Waals surface area contributed by atoms with Crippen molar-refractivity contribution in [2.45, 2.75) is 36.8 Å². The highest BCUT2D eigenvalue weighted by Crippen LogP contribution is 2.32. The second kappa shape index (κ2) is 8.17. The molecule has 1 aliphatic rings. The smallest absolute Gasteiger partial charge is 0.381 e. The zero-order valence-corrected chi connectivity index (χ0v) is 17.4. The van der Waals surface area contributed by atoms with Gasteiger partial charge >= 0.3 is 11.5 Å². The van der Waals surface area contributed by atoms with E-state index in [2.05, 4.69) is 10.3 Å². The number of aromatic nitrogens is 1. The van der Waals surface area contributed by atoms with Gasteiger partial charge in [0.15, 0.2) is 0 Å². The van der Waals surface area contributed by atoms with Crippen molar-refractivity contribution < 1.29 is 31.2 Å². The lowest BCUT2D eigenvalue weighted by Gasteiger charge is -2.20. The monoisotopic (exact) mass is 456 g/mol. The van der Waals surface area contributed by atoms with E-state index < -0.39 is 32.2 Å². The minimum Gasteiger partial charge on any atom is -0.381 e. The number of urea groups is 1. The van der Waals surface area contributed by atoms with E-state index in [0.29, 0.717) is 5.69 Å². The lowest BCUT2D eigenvalue weighted by Crippen LogP contribution is -2.33. The average Bonchev–Trinajstić information content (AvgIpc) is 2.95. The summed E-state index contributed by atoms with van der Waals surface area (Å²) in [5.74, 6) is -0.580. The molecule has 1 fully saturated rings. The van der Waals surface area contributed by atoms with Crippen LogP contribution in [0, 0.1) is 0 Å². The van der Waals surface area contributed by atoms with Crippen molar-refractivity contribution in [3.05, 3.63) is 48.3 Å². The molecule has 0 aliphatic carbocycles. The molecule has 12 heteroatoms. The molecular formula is C19H19F3N4O4S. The molecule has 1 aromatic carbocycles. The molecule has 0 atom stereocenters. The highest BCUT2D eigenvalue weighted by atomic mass is 32.2. The van der Waals surface area contributed by atoms with Crippen LogP contribution in [0.5, 0.6) is 0 Å². The Morgan fingerprint density at radius 3 is 2.35 bits per heavy atom. The second-order valence-electron chi connectivity index (χ2n) is 7.14. The molecule has 31 heavy (non-hydrogen) atoms. The summed E-state index contributed by atoms with van der Waals surface area (Å²) in [6.07, 6.45) is 3.16. The molecule has 0 spiro atoms. The molecular weight excluding hydrogens is 437 g/mol. The van der Waals surface area contributed by atoms with E-state index in [-0.39, 0.29) is 24.8 Å². The fourth-order valence-corrected chi connectivity index (χ4v) is 3.81. The lowest BCUT2D eigenvalue weighted by molar-refractivity contribution is -0.116. The van der Waals surface area contributed by atoms with Crippen LogP contribution in [-0.4, -0.2) is 48.3 Å². The van der Waals surface area contributed by atoms with Gasteiger partial charge in [0, 0.05) is 12.2 Å². The fourth-order valence-electron chi connectivity index (χ4n) is 3.04. The number of carbonyl (C=O) groups excluding carboxylic acids is 2. The number of nitrogens with one attached hydrogen (secondary N) is 1. The van der Waals surface area contributed by atoms with Gasteiger partial charge in [-0.25, -0.2) is 18.1 Å². The predicted octanol–water partition coefficient (Wildman–Crippen LogP) is 3.16. The molecule has 0 saturated carbocycles. The molecule has 8 nitrogen and oxygen atoms in total. The highest BCUT2D eigenvalue weighted by Gasteiger charge is 2.47. The molecule has 1 saturated heterocycles. The largest absolute Gasteiger partial charge is 0.501 e. The van der Waals surface area contributed by atoms with Crippen LogP contribution >= 0.6 is 0 Å². The number of hydrogen-bond donors (Lipinski definition) is 1. The van der Waals surface area contributed by atoms with E-state index >= 15 is 0 Å². The van der Waals surface area contributed by atoms with Gasteiger partial charge in [-0.2, -0.15) is 13.2 Å². The first-order valence-electron chi connectivity index (χ1n) is 9.14. The number of imide groups is 1. The summed E-state index contributed by atoms with van der Waals surface area (Å²) in [6.45, 7) is 3.75. The van der Waals surface area contributed by atoms with Crippen LogP contribution in [0.2, 0.25) is 0 Å². The summed E-state index contributed by atoms with van der Waals surface area (Å²) in [5, 5.41) is 3.20. The summed E-state index contributed by atoms with van der Waals surface area (Å²) in [6, 6.07) is 4.59. The molecule has 0 radical (unpaired) electrons. The van der Waals surface area contributed by atoms with E-state index in [4.69, 9.17) is 0 Å². The first-order valence-corrected chi connectivity index (χ1v) is 10.6. The molecule has 0 bridgehead atoms. The maximum Gasteiger partial charge on any atom is 0.501 e. The van der Waals surface area contributed by atoms with Crippen LogP contribution in [0.4, 0.5) is 29.3 Å². The third-order valence-electron chi connectivity index (χ3n) is 4.46. The number of pyridine rings is 1. The molecule has 2 heterocycles. The van der Waals surface area contributed by atoms with Crippen molar-refractivity contribution in [3.63, 3.8) is 0 Å². The van der Waals surface area contributed by atoms with Crippen molar-refractivity contribution in [3.8, 4) is 0 Å². The van der Waals surface area contributed by atoms with Crippen molar-refractivity contribution in [2.75, 3.05) is 16.8 Å². The summed E-state index contributed by atoms with van der Waals surface area (Å²) < 4.78 is 61.0. The van der Waals surface area contributed by atoms with Gasteiger partial charge in [0.25, 0.3) is 15.7 Å². The summed E-state index contributed by atoms with van der Waals surface area (Å²) in [7, 11) is -5.52. The fraction of sp³-hybridized carbons (Fsp3) is 0.316. The van der Waals surface area contributed by atoms with Crippen LogP contribution in [0.3, 0.4) is 0 Å². The van der Waals surface area contributed by atoms with Crippen molar-refractivity contribution >= 4 is 33.2 Å².